The highest BCUT2D eigenvalue weighted by molar-refractivity contribution is 5.67. The number of likely N-dealkylation sites (N-methyl/N-ethyl adjacent to an activating group) is 1. The molecule has 0 heterocycles. The lowest BCUT2D eigenvalue weighted by Crippen LogP contribution is -2.36. The van der Waals surface area contributed by atoms with Crippen LogP contribution in [0.15, 0.2) is 0 Å². The molecule has 0 bridgehead atoms. The second kappa shape index (κ2) is 35.3. The van der Waals surface area contributed by atoms with Gasteiger partial charge in [-0.15, -0.1) is 0 Å². The third-order valence-corrected chi connectivity index (χ3v) is 7.15. The first-order chi connectivity index (χ1) is 22.4. The first-order valence-electron chi connectivity index (χ1n) is 18.3. The van der Waals surface area contributed by atoms with Crippen molar-refractivity contribution < 1.29 is 42.7 Å². The summed E-state index contributed by atoms with van der Waals surface area (Å²) in [6, 6.07) is 0. The van der Waals surface area contributed by atoms with Crippen LogP contribution in [0.4, 0.5) is 4.79 Å². The molecule has 0 unspecified atom stereocenters. The Morgan fingerprint density at radius 2 is 0.717 bits per heavy atom. The zero-order chi connectivity index (χ0) is 33.8. The van der Waals surface area contributed by atoms with E-state index in [9.17, 15) is 4.79 Å². The van der Waals surface area contributed by atoms with E-state index >= 15 is 0 Å². The van der Waals surface area contributed by atoms with Gasteiger partial charge in [-0.25, -0.2) is 4.79 Å². The third kappa shape index (κ3) is 37.4. The van der Waals surface area contributed by atoms with Gasteiger partial charge in [-0.3, -0.25) is 0 Å². The maximum absolute atomic E-state index is 11.9. The molecule has 0 rings (SSSR count). The molecule has 0 aliphatic rings. The largest absolute Gasteiger partial charge is 0.444 e. The number of hydrogen-bond donors (Lipinski definition) is 0. The van der Waals surface area contributed by atoms with Crippen LogP contribution in [0.5, 0.6) is 0 Å². The summed E-state index contributed by atoms with van der Waals surface area (Å²) in [5.41, 5.74) is -0.500. The van der Waals surface area contributed by atoms with Gasteiger partial charge in [0.1, 0.15) is 5.60 Å². The molecule has 0 aliphatic heterocycles. The lowest BCUT2D eigenvalue weighted by molar-refractivity contribution is -0.0213. The van der Waals surface area contributed by atoms with Crippen molar-refractivity contribution in [1.29, 1.82) is 0 Å². The van der Waals surface area contributed by atoms with Gasteiger partial charge in [0.25, 0.3) is 0 Å². The average Bonchev–Trinajstić information content (AvgIpc) is 3.02. The topological polar surface area (TPSA) is 94.2 Å². The molecule has 0 saturated heterocycles. The van der Waals surface area contributed by atoms with Crippen molar-refractivity contribution >= 4 is 6.09 Å². The Balaban J connectivity index is 3.14. The van der Waals surface area contributed by atoms with Crippen LogP contribution < -0.4 is 0 Å². The SMILES string of the molecule is CCCCCCCCCCCCCCCCOCCOCCOCCOCCOCCOCCOCCN(C)C(=O)OC(C)(C)C. The monoisotopic (exact) mass is 664 g/mol. The lowest BCUT2D eigenvalue weighted by atomic mass is 10.0. The molecule has 0 atom stereocenters. The van der Waals surface area contributed by atoms with Gasteiger partial charge in [-0.1, -0.05) is 90.4 Å². The number of rotatable bonds is 36. The fourth-order valence-corrected chi connectivity index (χ4v) is 4.45. The van der Waals surface area contributed by atoms with E-state index < -0.39 is 5.60 Å². The van der Waals surface area contributed by atoms with Crippen LogP contribution in [0.25, 0.3) is 0 Å². The van der Waals surface area contributed by atoms with E-state index in [1.54, 1.807) is 7.05 Å². The zero-order valence-electron chi connectivity index (χ0n) is 30.6. The summed E-state index contributed by atoms with van der Waals surface area (Å²) in [7, 11) is 1.69. The molecule has 0 fully saturated rings. The van der Waals surface area contributed by atoms with Crippen molar-refractivity contribution in [3.8, 4) is 0 Å². The maximum atomic E-state index is 11.9. The number of unbranched alkanes of at least 4 members (excludes halogenated alkanes) is 13. The summed E-state index contributed by atoms with van der Waals surface area (Å²) in [6.07, 6.45) is 18.9. The van der Waals surface area contributed by atoms with E-state index in [1.807, 2.05) is 20.8 Å². The summed E-state index contributed by atoms with van der Waals surface area (Å²) < 4.78 is 44.0. The van der Waals surface area contributed by atoms with E-state index in [4.69, 9.17) is 37.9 Å². The summed E-state index contributed by atoms with van der Waals surface area (Å²) >= 11 is 0. The van der Waals surface area contributed by atoms with E-state index in [0.29, 0.717) is 92.4 Å². The predicted molar refractivity (Wildman–Crippen MR) is 185 cm³/mol. The Morgan fingerprint density at radius 1 is 0.435 bits per heavy atom. The van der Waals surface area contributed by atoms with Crippen LogP contribution in [0.3, 0.4) is 0 Å². The average molecular weight is 664 g/mol. The van der Waals surface area contributed by atoms with Crippen molar-refractivity contribution in [3.63, 3.8) is 0 Å². The fraction of sp³-hybridized carbons (Fsp3) is 0.972. The van der Waals surface area contributed by atoms with Crippen molar-refractivity contribution in [2.45, 2.75) is 123 Å². The molecule has 0 aromatic carbocycles. The summed E-state index contributed by atoms with van der Waals surface area (Å²) in [4.78, 5) is 13.4. The maximum Gasteiger partial charge on any atom is 0.410 e. The molecular weight excluding hydrogens is 590 g/mol. The molecule has 0 radical (unpaired) electrons. The summed E-state index contributed by atoms with van der Waals surface area (Å²) in [5, 5.41) is 0. The van der Waals surface area contributed by atoms with E-state index in [2.05, 4.69) is 6.92 Å². The van der Waals surface area contributed by atoms with Crippen molar-refractivity contribution in [2.75, 3.05) is 106 Å². The van der Waals surface area contributed by atoms with Gasteiger partial charge in [0.05, 0.1) is 85.9 Å². The third-order valence-electron chi connectivity index (χ3n) is 7.15. The number of amides is 1. The van der Waals surface area contributed by atoms with E-state index in [-0.39, 0.29) is 6.09 Å². The zero-order valence-corrected chi connectivity index (χ0v) is 30.6. The molecule has 0 aromatic rings. The van der Waals surface area contributed by atoms with Crippen molar-refractivity contribution in [1.82, 2.24) is 4.90 Å². The Hall–Kier alpha value is -1.01. The molecular formula is C36H73NO9. The minimum atomic E-state index is -0.500. The Labute approximate surface area is 282 Å². The number of carbonyl (C=O) groups excluding carboxylic acids is 1. The van der Waals surface area contributed by atoms with Crippen molar-refractivity contribution in [3.05, 3.63) is 0 Å². The molecule has 0 spiro atoms. The summed E-state index contributed by atoms with van der Waals surface area (Å²) in [5.74, 6) is 0. The molecule has 1 amide bonds. The van der Waals surface area contributed by atoms with Crippen LogP contribution in [0.1, 0.15) is 118 Å². The molecule has 10 nitrogen and oxygen atoms in total. The number of ether oxygens (including phenoxy) is 8. The lowest BCUT2D eigenvalue weighted by Gasteiger charge is -2.24. The van der Waals surface area contributed by atoms with Crippen LogP contribution in [0, 0.1) is 0 Å². The highest BCUT2D eigenvalue weighted by Gasteiger charge is 2.19. The molecule has 0 aliphatic carbocycles. The van der Waals surface area contributed by atoms with Gasteiger partial charge in [0, 0.05) is 20.2 Å². The first-order valence-corrected chi connectivity index (χ1v) is 18.3. The van der Waals surface area contributed by atoms with Gasteiger partial charge in [-0.2, -0.15) is 0 Å². The quantitative estimate of drug-likeness (QED) is 0.0634. The second-order valence-corrected chi connectivity index (χ2v) is 12.8. The normalized spacial score (nSPS) is 11.8. The van der Waals surface area contributed by atoms with Gasteiger partial charge in [-0.05, 0) is 27.2 Å². The molecule has 276 valence electrons. The van der Waals surface area contributed by atoms with E-state index in [1.165, 1.54) is 88.4 Å². The van der Waals surface area contributed by atoms with Crippen LogP contribution in [0.2, 0.25) is 0 Å². The molecule has 46 heavy (non-hydrogen) atoms. The molecule has 0 aromatic heterocycles. The molecule has 0 saturated carbocycles. The summed E-state index contributed by atoms with van der Waals surface area (Å²) in [6.45, 7) is 16.0. The van der Waals surface area contributed by atoms with Crippen LogP contribution in [-0.4, -0.2) is 123 Å². The Morgan fingerprint density at radius 3 is 1.04 bits per heavy atom. The molecule has 10 heteroatoms. The number of nitrogens with zero attached hydrogens (tertiary/aromatic N) is 1. The number of hydrogen-bond acceptors (Lipinski definition) is 9. The Kier molecular flexibility index (Phi) is 34.5. The fourth-order valence-electron chi connectivity index (χ4n) is 4.45. The second-order valence-electron chi connectivity index (χ2n) is 12.8. The first kappa shape index (κ1) is 45.0. The Bertz CT molecular complexity index is 619. The number of carbonyl (C=O) groups is 1. The van der Waals surface area contributed by atoms with E-state index in [0.717, 1.165) is 13.0 Å². The van der Waals surface area contributed by atoms with Crippen molar-refractivity contribution in [2.24, 2.45) is 0 Å². The van der Waals surface area contributed by atoms with Gasteiger partial charge in [0.15, 0.2) is 0 Å². The predicted octanol–water partition coefficient (Wildman–Crippen LogP) is 7.45. The highest BCUT2D eigenvalue weighted by atomic mass is 16.6. The van der Waals surface area contributed by atoms with Crippen LogP contribution in [-0.2, 0) is 37.9 Å². The van der Waals surface area contributed by atoms with Gasteiger partial charge >= 0.3 is 6.09 Å². The molecule has 0 N–H and O–H groups in total. The smallest absolute Gasteiger partial charge is 0.410 e. The highest BCUT2D eigenvalue weighted by Crippen LogP contribution is 2.13. The minimum Gasteiger partial charge on any atom is -0.444 e. The van der Waals surface area contributed by atoms with Gasteiger partial charge in [0.2, 0.25) is 0 Å². The van der Waals surface area contributed by atoms with Crippen LogP contribution >= 0.6 is 0 Å². The minimum absolute atomic E-state index is 0.354. The standard InChI is InChI=1S/C36H73NO9/c1-6-7-8-9-10-11-12-13-14-15-16-17-18-19-21-39-23-25-41-27-29-43-31-33-45-34-32-44-30-28-42-26-24-40-22-20-37(5)35(38)46-36(2,3)4/h6-34H2,1-5H3. The van der Waals surface area contributed by atoms with Gasteiger partial charge < -0.3 is 42.8 Å².